The highest BCUT2D eigenvalue weighted by atomic mass is 16.5. The molecule has 88 valence electrons. The zero-order chi connectivity index (χ0) is 11.1. The number of aliphatic hydroxyl groups excluding tert-OH is 1. The smallest absolute Gasteiger partial charge is 0.248 e. The molecule has 1 N–H and O–H groups in total. The van der Waals surface area contributed by atoms with Crippen molar-refractivity contribution in [2.75, 3.05) is 32.9 Å². The van der Waals surface area contributed by atoms with Crippen molar-refractivity contribution in [1.82, 2.24) is 4.90 Å². The van der Waals surface area contributed by atoms with E-state index in [2.05, 4.69) is 6.92 Å². The van der Waals surface area contributed by atoms with Gasteiger partial charge in [0.2, 0.25) is 5.91 Å². The quantitative estimate of drug-likeness (QED) is 0.662. The molecule has 4 nitrogen and oxygen atoms in total. The van der Waals surface area contributed by atoms with Crippen LogP contribution >= 0.6 is 0 Å². The van der Waals surface area contributed by atoms with Crippen LogP contribution in [-0.2, 0) is 9.53 Å². The molecule has 0 radical (unpaired) electrons. The van der Waals surface area contributed by atoms with E-state index in [9.17, 15) is 4.79 Å². The molecule has 0 bridgehead atoms. The summed E-state index contributed by atoms with van der Waals surface area (Å²) in [7, 11) is 0. The second-order valence-electron chi connectivity index (χ2n) is 4.08. The first-order valence-electron chi connectivity index (χ1n) is 5.74. The second-order valence-corrected chi connectivity index (χ2v) is 4.08. The minimum atomic E-state index is 0.0575. The minimum Gasteiger partial charge on any atom is -0.396 e. The molecule has 15 heavy (non-hydrogen) atoms. The van der Waals surface area contributed by atoms with Crippen LogP contribution in [0, 0.1) is 5.92 Å². The number of carbonyl (C=O) groups excluding carboxylic acids is 1. The lowest BCUT2D eigenvalue weighted by Gasteiger charge is -2.15. The first-order chi connectivity index (χ1) is 7.27. The van der Waals surface area contributed by atoms with Crippen molar-refractivity contribution in [3.63, 3.8) is 0 Å². The summed E-state index contributed by atoms with van der Waals surface area (Å²) < 4.78 is 5.26. The summed E-state index contributed by atoms with van der Waals surface area (Å²) in [5.74, 6) is 0.326. The lowest BCUT2D eigenvalue weighted by Crippen LogP contribution is -2.32. The Morgan fingerprint density at radius 1 is 1.60 bits per heavy atom. The van der Waals surface area contributed by atoms with Crippen LogP contribution in [0.5, 0.6) is 0 Å². The second kappa shape index (κ2) is 6.80. The summed E-state index contributed by atoms with van der Waals surface area (Å²) in [6.45, 7) is 4.59. The fraction of sp³-hybridized carbons (Fsp3) is 0.909. The van der Waals surface area contributed by atoms with Crippen LogP contribution in [0.15, 0.2) is 0 Å². The lowest BCUT2D eigenvalue weighted by atomic mass is 10.1. The number of hydrogen-bond donors (Lipinski definition) is 1. The maximum atomic E-state index is 11.6. The zero-order valence-corrected chi connectivity index (χ0v) is 9.45. The molecule has 1 atom stereocenters. The predicted molar refractivity (Wildman–Crippen MR) is 57.5 cm³/mol. The molecule has 0 aromatic carbocycles. The van der Waals surface area contributed by atoms with Gasteiger partial charge in [0.1, 0.15) is 6.61 Å². The molecule has 1 aliphatic rings. The molecule has 1 rings (SSSR count). The highest BCUT2D eigenvalue weighted by molar-refractivity contribution is 5.77. The SMILES string of the molecule is CCCCOCC(=O)N1CCC(CO)C1. The van der Waals surface area contributed by atoms with Crippen LogP contribution in [0.2, 0.25) is 0 Å². The largest absolute Gasteiger partial charge is 0.396 e. The number of carbonyl (C=O) groups is 1. The minimum absolute atomic E-state index is 0.0575. The molecule has 0 aliphatic carbocycles. The van der Waals surface area contributed by atoms with E-state index in [-0.39, 0.29) is 25.0 Å². The molecule has 1 heterocycles. The molecule has 0 saturated carbocycles. The number of nitrogens with zero attached hydrogens (tertiary/aromatic N) is 1. The van der Waals surface area contributed by atoms with Gasteiger partial charge in [-0.25, -0.2) is 0 Å². The fourth-order valence-electron chi connectivity index (χ4n) is 1.71. The van der Waals surface area contributed by atoms with Gasteiger partial charge < -0.3 is 14.7 Å². The van der Waals surface area contributed by atoms with Gasteiger partial charge in [0.25, 0.3) is 0 Å². The van der Waals surface area contributed by atoms with Crippen LogP contribution < -0.4 is 0 Å². The number of ether oxygens (including phenoxy) is 1. The Labute approximate surface area is 91.2 Å². The third-order valence-electron chi connectivity index (χ3n) is 2.76. The van der Waals surface area contributed by atoms with Crippen molar-refractivity contribution in [1.29, 1.82) is 0 Å². The van der Waals surface area contributed by atoms with E-state index in [1.807, 2.05) is 0 Å². The molecular weight excluding hydrogens is 194 g/mol. The molecular formula is C11H21NO3. The van der Waals surface area contributed by atoms with E-state index in [0.717, 1.165) is 25.8 Å². The molecule has 1 fully saturated rings. The van der Waals surface area contributed by atoms with Crippen molar-refractivity contribution >= 4 is 5.91 Å². The Hall–Kier alpha value is -0.610. The average molecular weight is 215 g/mol. The van der Waals surface area contributed by atoms with Gasteiger partial charge in [0.05, 0.1) is 0 Å². The molecule has 1 unspecified atom stereocenters. The highest BCUT2D eigenvalue weighted by Gasteiger charge is 2.25. The van der Waals surface area contributed by atoms with Gasteiger partial charge in [-0.05, 0) is 12.8 Å². The van der Waals surface area contributed by atoms with Gasteiger partial charge in [-0.15, -0.1) is 0 Å². The third kappa shape index (κ3) is 4.18. The molecule has 0 aromatic rings. The zero-order valence-electron chi connectivity index (χ0n) is 9.45. The number of hydrogen-bond acceptors (Lipinski definition) is 3. The highest BCUT2D eigenvalue weighted by Crippen LogP contribution is 2.15. The van der Waals surface area contributed by atoms with E-state index in [1.165, 1.54) is 0 Å². The van der Waals surface area contributed by atoms with Crippen LogP contribution in [0.25, 0.3) is 0 Å². The summed E-state index contributed by atoms with van der Waals surface area (Å²) in [6, 6.07) is 0. The number of aliphatic hydroxyl groups is 1. The van der Waals surface area contributed by atoms with Crippen molar-refractivity contribution in [2.24, 2.45) is 5.92 Å². The average Bonchev–Trinajstić information content (AvgIpc) is 2.72. The van der Waals surface area contributed by atoms with E-state index in [1.54, 1.807) is 4.90 Å². The Bertz CT molecular complexity index is 196. The third-order valence-corrected chi connectivity index (χ3v) is 2.76. The van der Waals surface area contributed by atoms with E-state index < -0.39 is 0 Å². The van der Waals surface area contributed by atoms with Gasteiger partial charge in [0.15, 0.2) is 0 Å². The number of likely N-dealkylation sites (tertiary alicyclic amines) is 1. The van der Waals surface area contributed by atoms with E-state index in [0.29, 0.717) is 13.2 Å². The van der Waals surface area contributed by atoms with Crippen LogP contribution in [0.4, 0.5) is 0 Å². The lowest BCUT2D eigenvalue weighted by molar-refractivity contribution is -0.135. The first-order valence-corrected chi connectivity index (χ1v) is 5.74. The topological polar surface area (TPSA) is 49.8 Å². The summed E-state index contributed by atoms with van der Waals surface area (Å²) in [4.78, 5) is 13.4. The molecule has 1 aliphatic heterocycles. The van der Waals surface area contributed by atoms with Gasteiger partial charge in [-0.1, -0.05) is 13.3 Å². The standard InChI is InChI=1S/C11H21NO3/c1-2-3-6-15-9-11(14)12-5-4-10(7-12)8-13/h10,13H,2-9H2,1H3. The van der Waals surface area contributed by atoms with Crippen molar-refractivity contribution in [3.8, 4) is 0 Å². The molecule has 0 aromatic heterocycles. The molecule has 0 spiro atoms. The van der Waals surface area contributed by atoms with Crippen LogP contribution in [0.3, 0.4) is 0 Å². The van der Waals surface area contributed by atoms with Gasteiger partial charge in [-0.3, -0.25) is 4.79 Å². The number of rotatable bonds is 6. The summed E-state index contributed by atoms with van der Waals surface area (Å²) in [6.07, 6.45) is 3.01. The van der Waals surface area contributed by atoms with E-state index >= 15 is 0 Å². The van der Waals surface area contributed by atoms with E-state index in [4.69, 9.17) is 9.84 Å². The van der Waals surface area contributed by atoms with Crippen molar-refractivity contribution in [2.45, 2.75) is 26.2 Å². The summed E-state index contributed by atoms with van der Waals surface area (Å²) in [5, 5.41) is 8.94. The van der Waals surface area contributed by atoms with Crippen LogP contribution in [0.1, 0.15) is 26.2 Å². The summed E-state index contributed by atoms with van der Waals surface area (Å²) >= 11 is 0. The van der Waals surface area contributed by atoms with Crippen LogP contribution in [-0.4, -0.2) is 48.8 Å². The normalized spacial score (nSPS) is 20.9. The van der Waals surface area contributed by atoms with Crippen molar-refractivity contribution < 1.29 is 14.6 Å². The Balaban J connectivity index is 2.12. The Morgan fingerprint density at radius 3 is 3.00 bits per heavy atom. The number of unbranched alkanes of at least 4 members (excludes halogenated alkanes) is 1. The Morgan fingerprint density at radius 2 is 2.40 bits per heavy atom. The Kier molecular flexibility index (Phi) is 5.65. The number of amides is 1. The molecule has 4 heteroatoms. The maximum Gasteiger partial charge on any atom is 0.248 e. The molecule has 1 saturated heterocycles. The maximum absolute atomic E-state index is 11.6. The van der Waals surface area contributed by atoms with Crippen molar-refractivity contribution in [3.05, 3.63) is 0 Å². The monoisotopic (exact) mass is 215 g/mol. The first kappa shape index (κ1) is 12.5. The predicted octanol–water partition coefficient (Wildman–Crippen LogP) is 0.644. The van der Waals surface area contributed by atoms with Gasteiger partial charge >= 0.3 is 0 Å². The van der Waals surface area contributed by atoms with Gasteiger partial charge in [0, 0.05) is 32.2 Å². The van der Waals surface area contributed by atoms with Gasteiger partial charge in [-0.2, -0.15) is 0 Å². The summed E-state index contributed by atoms with van der Waals surface area (Å²) in [5.41, 5.74) is 0. The molecule has 1 amide bonds. The fourth-order valence-corrected chi connectivity index (χ4v) is 1.71.